The van der Waals surface area contributed by atoms with E-state index in [1.807, 2.05) is 0 Å². The molecule has 0 atom stereocenters. The summed E-state index contributed by atoms with van der Waals surface area (Å²) >= 11 is 4.79. The van der Waals surface area contributed by atoms with Gasteiger partial charge in [-0.05, 0) is 24.6 Å². The fourth-order valence-corrected chi connectivity index (χ4v) is 1.93. The Morgan fingerprint density at radius 2 is 1.43 bits per heavy atom. The molecule has 0 amide bonds. The molecule has 0 aliphatic rings. The summed E-state index contributed by atoms with van der Waals surface area (Å²) in [5.74, 6) is 0. The van der Waals surface area contributed by atoms with Crippen LogP contribution in [0.3, 0.4) is 0 Å². The van der Waals surface area contributed by atoms with Gasteiger partial charge in [0.15, 0.2) is 0 Å². The van der Waals surface area contributed by atoms with E-state index in [1.165, 1.54) is 0 Å². The summed E-state index contributed by atoms with van der Waals surface area (Å²) in [6.07, 6.45) is 3.89. The maximum absolute atomic E-state index is 9.45. The fourth-order valence-electron chi connectivity index (χ4n) is 0.686. The predicted octanol–water partition coefficient (Wildman–Crippen LogP) is 2.84. The van der Waals surface area contributed by atoms with E-state index in [4.69, 9.17) is 20.9 Å². The Kier molecular flexibility index (Phi) is 14.7. The van der Waals surface area contributed by atoms with Crippen LogP contribution in [0.15, 0.2) is 0 Å². The predicted molar refractivity (Wildman–Crippen MR) is 58.2 cm³/mol. The Hall–Kier alpha value is 1.82. The van der Waals surface area contributed by atoms with E-state index in [9.17, 15) is 4.89 Å². The molecule has 0 aliphatic carbocycles. The van der Waals surface area contributed by atoms with Gasteiger partial charge >= 0.3 is 6.72 Å². The van der Waals surface area contributed by atoms with Gasteiger partial charge in [0.05, 0.1) is 13.2 Å². The van der Waals surface area contributed by atoms with Gasteiger partial charge in [-0.2, -0.15) is 0 Å². The molecule has 0 aromatic carbocycles. The maximum atomic E-state index is 9.45. The van der Waals surface area contributed by atoms with Crippen LogP contribution in [-0.2, 0) is 20.9 Å². The Labute approximate surface area is 123 Å². The molecule has 0 aliphatic heterocycles. The second-order valence-corrected chi connectivity index (χ2v) is 5.68. The third kappa shape index (κ3) is 11.9. The number of hydrogen-bond acceptors (Lipinski definition) is 3. The van der Waals surface area contributed by atoms with Gasteiger partial charge in [-0.1, -0.05) is 26.7 Å². The van der Waals surface area contributed by atoms with E-state index in [2.05, 4.69) is 13.8 Å². The normalized spacial score (nSPS) is 11.1. The minimum Gasteiger partial charge on any atom is -0.324 e. The number of hydrogen-bond donors (Lipinski definition) is 1. The van der Waals surface area contributed by atoms with Crippen molar-refractivity contribution in [1.82, 2.24) is 0 Å². The van der Waals surface area contributed by atoms with Crippen molar-refractivity contribution in [2.24, 2.45) is 0 Å². The van der Waals surface area contributed by atoms with E-state index in [0.29, 0.717) is 13.2 Å². The van der Waals surface area contributed by atoms with Crippen molar-refractivity contribution >= 4 is 18.5 Å². The molecule has 0 saturated carbocycles. The Balaban J connectivity index is 0. The molecule has 0 heterocycles. The minimum absolute atomic E-state index is 0. The van der Waals surface area contributed by atoms with Crippen LogP contribution in [0.2, 0.25) is 0 Å². The van der Waals surface area contributed by atoms with Crippen LogP contribution in [0, 0.1) is 38.6 Å². The van der Waals surface area contributed by atoms with Crippen molar-refractivity contribution in [2.45, 2.75) is 39.5 Å². The molecule has 0 unspecified atom stereocenters. The molecule has 0 rings (SSSR count). The van der Waals surface area contributed by atoms with Crippen LogP contribution in [0.25, 0.3) is 0 Å². The molecule has 0 aromatic rings. The van der Waals surface area contributed by atoms with Crippen LogP contribution in [0.4, 0.5) is 0 Å². The monoisotopic (exact) mass is 385 g/mol. The van der Waals surface area contributed by atoms with Crippen molar-refractivity contribution in [2.75, 3.05) is 13.2 Å². The molecule has 0 fully saturated rings. The fraction of sp³-hybridized carbons (Fsp3) is 1.00. The van der Waals surface area contributed by atoms with E-state index >= 15 is 0 Å². The molecule has 3 nitrogen and oxygen atoms in total. The summed E-state index contributed by atoms with van der Waals surface area (Å²) in [6, 6.07) is 0. The Bertz CT molecular complexity index is 155. The smallest absolute Gasteiger partial charge is 0.324 e. The summed E-state index contributed by atoms with van der Waals surface area (Å²) in [5.41, 5.74) is 0. The van der Waals surface area contributed by atoms with Gasteiger partial charge in [-0.15, -0.1) is 0 Å². The molecule has 0 saturated heterocycles. The van der Waals surface area contributed by atoms with E-state index in [-0.39, 0.29) is 38.6 Å². The zero-order chi connectivity index (χ0) is 10.2. The first-order valence-electron chi connectivity index (χ1n) is 4.74. The first-order valence-corrected chi connectivity index (χ1v) is 7.33. The van der Waals surface area contributed by atoms with Gasteiger partial charge < -0.3 is 13.9 Å². The molecule has 0 aromatic heterocycles. The van der Waals surface area contributed by atoms with Crippen LogP contribution in [0.1, 0.15) is 39.5 Å². The van der Waals surface area contributed by atoms with Crippen molar-refractivity contribution in [3.8, 4) is 0 Å². The van der Waals surface area contributed by atoms with Gasteiger partial charge in [0.25, 0.3) is 0 Å². The summed E-state index contributed by atoms with van der Waals surface area (Å²) in [7, 11) is 0. The first kappa shape index (κ1) is 18.2. The summed E-state index contributed by atoms with van der Waals surface area (Å²) in [5, 5.41) is 0. The van der Waals surface area contributed by atoms with Gasteiger partial charge in [0.1, 0.15) is 0 Å². The third-order valence-corrected chi connectivity index (χ3v) is 3.15. The quantitative estimate of drug-likeness (QED) is 0.515. The molecule has 0 bridgehead atoms. The largest absolute Gasteiger partial charge is 0.324 e. The molecule has 6 heteroatoms. The van der Waals surface area contributed by atoms with E-state index < -0.39 is 6.72 Å². The zero-order valence-electron chi connectivity index (χ0n) is 8.70. The molecule has 89 valence electrons. The second kappa shape index (κ2) is 11.3. The zero-order valence-corrected chi connectivity index (χ0v) is 12.5. The minimum atomic E-state index is -2.92. The number of unbranched alkanes of at least 4 members (excludes halogenated alkanes) is 2. The Morgan fingerprint density at radius 1 is 1.07 bits per heavy atom. The SMILES string of the molecule is CCCCOP(O)(=S)OCCCC.[Tb]. The van der Waals surface area contributed by atoms with Gasteiger partial charge in [0.2, 0.25) is 0 Å². The topological polar surface area (TPSA) is 38.7 Å². The number of rotatable bonds is 8. The molecule has 0 spiro atoms. The van der Waals surface area contributed by atoms with Gasteiger partial charge in [-0.3, -0.25) is 0 Å². The average Bonchev–Trinajstić information content (AvgIpc) is 2.05. The van der Waals surface area contributed by atoms with E-state index in [1.54, 1.807) is 0 Å². The van der Waals surface area contributed by atoms with E-state index in [0.717, 1.165) is 25.7 Å². The van der Waals surface area contributed by atoms with Gasteiger partial charge in [-0.25, -0.2) is 0 Å². The van der Waals surface area contributed by atoms with Crippen molar-refractivity contribution in [1.29, 1.82) is 0 Å². The van der Waals surface area contributed by atoms with Crippen molar-refractivity contribution in [3.63, 3.8) is 0 Å². The van der Waals surface area contributed by atoms with Crippen molar-refractivity contribution in [3.05, 3.63) is 0 Å². The van der Waals surface area contributed by atoms with Crippen molar-refractivity contribution < 1.29 is 52.6 Å². The van der Waals surface area contributed by atoms with Crippen LogP contribution >= 0.6 is 6.72 Å². The summed E-state index contributed by atoms with van der Waals surface area (Å²) in [4.78, 5) is 9.45. The standard InChI is InChI=1S/C8H19O3PS.Tb/c1-3-5-7-10-12(9,13)11-8-6-4-2;/h3-8H2,1-2H3,(H,9,13);. The average molecular weight is 385 g/mol. The molecular formula is C8H19O3PSTb. The van der Waals surface area contributed by atoms with Gasteiger partial charge in [0, 0.05) is 38.6 Å². The van der Waals surface area contributed by atoms with Crippen LogP contribution < -0.4 is 0 Å². The molecule has 14 heavy (non-hydrogen) atoms. The summed E-state index contributed by atoms with van der Waals surface area (Å²) < 4.78 is 10.2. The molecule has 1 N–H and O–H groups in total. The molecule has 1 radical (unpaired) electrons. The van der Waals surface area contributed by atoms with Crippen LogP contribution in [-0.4, -0.2) is 18.1 Å². The molecular weight excluding hydrogens is 366 g/mol. The third-order valence-electron chi connectivity index (χ3n) is 1.50. The summed E-state index contributed by atoms with van der Waals surface area (Å²) in [6.45, 7) is 2.19. The van der Waals surface area contributed by atoms with Crippen LogP contribution in [0.5, 0.6) is 0 Å². The maximum Gasteiger partial charge on any atom is 0.324 e. The first-order chi connectivity index (χ1) is 6.12. The second-order valence-electron chi connectivity index (χ2n) is 2.84. The Morgan fingerprint density at radius 3 is 1.71 bits per heavy atom.